The third-order valence-corrected chi connectivity index (χ3v) is 3.54. The van der Waals surface area contributed by atoms with E-state index in [0.717, 1.165) is 24.1 Å². The first kappa shape index (κ1) is 13.4. The Labute approximate surface area is 121 Å². The number of aromatic carboxylic acids is 1. The summed E-state index contributed by atoms with van der Waals surface area (Å²) in [4.78, 5) is 25.1. The average molecular weight is 286 g/mol. The monoisotopic (exact) mass is 286 g/mol. The van der Waals surface area contributed by atoms with Crippen LogP contribution in [0.2, 0.25) is 0 Å². The third-order valence-electron chi connectivity index (χ3n) is 3.54. The predicted molar refractivity (Wildman–Crippen MR) is 74.6 cm³/mol. The highest BCUT2D eigenvalue weighted by Crippen LogP contribution is 2.29. The number of fused-ring (bicyclic) bond motifs is 1. The van der Waals surface area contributed by atoms with Crippen molar-refractivity contribution >= 4 is 17.6 Å². The van der Waals surface area contributed by atoms with E-state index in [1.165, 1.54) is 6.07 Å². The Morgan fingerprint density at radius 3 is 2.81 bits per heavy atom. The number of anilines is 1. The first-order valence-corrected chi connectivity index (χ1v) is 6.67. The lowest BCUT2D eigenvalue weighted by molar-refractivity contribution is 0.0696. The van der Waals surface area contributed by atoms with Gasteiger partial charge in [0.25, 0.3) is 5.91 Å². The number of aromatic nitrogens is 1. The summed E-state index contributed by atoms with van der Waals surface area (Å²) in [7, 11) is 0. The van der Waals surface area contributed by atoms with E-state index in [9.17, 15) is 9.59 Å². The van der Waals surface area contributed by atoms with Crippen LogP contribution in [0.25, 0.3) is 0 Å². The molecule has 6 nitrogen and oxygen atoms in total. The molecule has 0 spiro atoms. The molecule has 0 saturated carbocycles. The smallest absolute Gasteiger partial charge is 0.335 e. The maximum Gasteiger partial charge on any atom is 0.335 e. The second-order valence-electron chi connectivity index (χ2n) is 5.03. The zero-order valence-corrected chi connectivity index (χ0v) is 11.5. The van der Waals surface area contributed by atoms with Gasteiger partial charge in [-0.2, -0.15) is 0 Å². The van der Waals surface area contributed by atoms with E-state index in [0.29, 0.717) is 12.3 Å². The Morgan fingerprint density at radius 1 is 1.33 bits per heavy atom. The van der Waals surface area contributed by atoms with Crippen LogP contribution < -0.4 is 4.90 Å². The van der Waals surface area contributed by atoms with Crippen LogP contribution in [0.5, 0.6) is 0 Å². The van der Waals surface area contributed by atoms with Gasteiger partial charge in [0.2, 0.25) is 0 Å². The number of hydrogen-bond donors (Lipinski definition) is 1. The number of rotatable bonds is 2. The fourth-order valence-electron chi connectivity index (χ4n) is 2.55. The van der Waals surface area contributed by atoms with Crippen molar-refractivity contribution in [2.75, 3.05) is 11.4 Å². The minimum absolute atomic E-state index is 0.226. The molecule has 0 saturated heterocycles. The molecule has 3 rings (SSSR count). The molecule has 2 heterocycles. The number of carboxylic acid groups (broad SMARTS) is 1. The molecule has 1 aliphatic heterocycles. The number of aryl methyl sites for hydroxylation is 2. The Bertz CT molecular complexity index is 720. The van der Waals surface area contributed by atoms with Crippen molar-refractivity contribution in [3.63, 3.8) is 0 Å². The Hall–Kier alpha value is -2.63. The van der Waals surface area contributed by atoms with Crippen molar-refractivity contribution in [1.82, 2.24) is 5.16 Å². The van der Waals surface area contributed by atoms with Crippen LogP contribution in [0, 0.1) is 6.92 Å². The van der Waals surface area contributed by atoms with Crippen molar-refractivity contribution < 1.29 is 19.2 Å². The van der Waals surface area contributed by atoms with E-state index in [4.69, 9.17) is 9.63 Å². The predicted octanol–water partition coefficient (Wildman–Crippen LogP) is 2.27. The van der Waals surface area contributed by atoms with Crippen LogP contribution in [-0.4, -0.2) is 28.7 Å². The summed E-state index contributed by atoms with van der Waals surface area (Å²) >= 11 is 0. The third kappa shape index (κ3) is 2.40. The van der Waals surface area contributed by atoms with Gasteiger partial charge in [-0.25, -0.2) is 4.79 Å². The standard InChI is InChI=1S/C15H14N2O4/c1-9-7-12(16-21-9)14(18)17-6-2-3-10-8-11(15(19)20)4-5-13(10)17/h4-5,7-8H,2-3,6H2,1H3,(H,19,20). The summed E-state index contributed by atoms with van der Waals surface area (Å²) < 4.78 is 4.94. The molecular formula is C15H14N2O4. The van der Waals surface area contributed by atoms with Gasteiger partial charge in [0.1, 0.15) is 5.76 Å². The van der Waals surface area contributed by atoms with E-state index in [1.54, 1.807) is 30.0 Å². The lowest BCUT2D eigenvalue weighted by Crippen LogP contribution is -2.35. The average Bonchev–Trinajstić information content (AvgIpc) is 2.91. The normalized spacial score (nSPS) is 13.9. The summed E-state index contributed by atoms with van der Waals surface area (Å²) in [5.41, 5.74) is 2.12. The van der Waals surface area contributed by atoms with Gasteiger partial charge in [-0.1, -0.05) is 5.16 Å². The van der Waals surface area contributed by atoms with Gasteiger partial charge in [-0.05, 0) is 43.5 Å². The highest BCUT2D eigenvalue weighted by atomic mass is 16.5. The van der Waals surface area contributed by atoms with Gasteiger partial charge in [-0.15, -0.1) is 0 Å². The number of hydrogen-bond acceptors (Lipinski definition) is 4. The molecule has 1 N–H and O–H groups in total. The molecule has 108 valence electrons. The minimum Gasteiger partial charge on any atom is -0.478 e. The molecule has 2 aromatic rings. The van der Waals surface area contributed by atoms with Gasteiger partial charge in [-0.3, -0.25) is 4.79 Å². The van der Waals surface area contributed by atoms with E-state index in [2.05, 4.69) is 5.16 Å². The number of carbonyl (C=O) groups is 2. The van der Waals surface area contributed by atoms with Crippen molar-refractivity contribution in [1.29, 1.82) is 0 Å². The molecule has 6 heteroatoms. The molecule has 0 unspecified atom stereocenters. The Kier molecular flexibility index (Phi) is 3.21. The molecule has 1 aromatic carbocycles. The van der Waals surface area contributed by atoms with Crippen molar-refractivity contribution in [2.45, 2.75) is 19.8 Å². The van der Waals surface area contributed by atoms with Gasteiger partial charge >= 0.3 is 5.97 Å². The maximum absolute atomic E-state index is 12.5. The zero-order valence-electron chi connectivity index (χ0n) is 11.5. The zero-order chi connectivity index (χ0) is 15.0. The number of nitrogens with zero attached hydrogens (tertiary/aromatic N) is 2. The minimum atomic E-state index is -0.964. The fourth-order valence-corrected chi connectivity index (χ4v) is 2.55. The SMILES string of the molecule is Cc1cc(C(=O)N2CCCc3cc(C(=O)O)ccc32)no1. The van der Waals surface area contributed by atoms with Crippen molar-refractivity contribution in [3.05, 3.63) is 46.8 Å². The first-order valence-electron chi connectivity index (χ1n) is 6.67. The molecule has 1 amide bonds. The van der Waals surface area contributed by atoms with Crippen LogP contribution in [0.1, 0.15) is 38.6 Å². The Morgan fingerprint density at radius 2 is 2.14 bits per heavy atom. The van der Waals surface area contributed by atoms with E-state index >= 15 is 0 Å². The van der Waals surface area contributed by atoms with E-state index in [1.807, 2.05) is 0 Å². The maximum atomic E-state index is 12.5. The van der Waals surface area contributed by atoms with Crippen molar-refractivity contribution in [2.24, 2.45) is 0 Å². The molecule has 0 radical (unpaired) electrons. The number of benzene rings is 1. The molecule has 0 bridgehead atoms. The fraction of sp³-hybridized carbons (Fsp3) is 0.267. The topological polar surface area (TPSA) is 83.6 Å². The molecule has 0 atom stereocenters. The summed E-state index contributed by atoms with van der Waals surface area (Å²) in [6.45, 7) is 2.32. The van der Waals surface area contributed by atoms with Gasteiger partial charge in [0.05, 0.1) is 5.56 Å². The quantitative estimate of drug-likeness (QED) is 0.915. The molecule has 1 aliphatic rings. The molecule has 0 aliphatic carbocycles. The number of carbonyl (C=O) groups excluding carboxylic acids is 1. The van der Waals surface area contributed by atoms with Gasteiger partial charge < -0.3 is 14.5 Å². The molecule has 0 fully saturated rings. The summed E-state index contributed by atoms with van der Waals surface area (Å²) in [5, 5.41) is 12.8. The van der Waals surface area contributed by atoms with Crippen LogP contribution in [0.4, 0.5) is 5.69 Å². The molecule has 1 aromatic heterocycles. The largest absolute Gasteiger partial charge is 0.478 e. The summed E-state index contributed by atoms with van der Waals surface area (Å²) in [5.74, 6) is -0.610. The lowest BCUT2D eigenvalue weighted by Gasteiger charge is -2.29. The second-order valence-corrected chi connectivity index (χ2v) is 5.03. The van der Waals surface area contributed by atoms with Gasteiger partial charge in [0, 0.05) is 18.3 Å². The van der Waals surface area contributed by atoms with Crippen LogP contribution in [0.15, 0.2) is 28.8 Å². The highest BCUT2D eigenvalue weighted by Gasteiger charge is 2.26. The summed E-state index contributed by atoms with van der Waals surface area (Å²) in [6.07, 6.45) is 1.55. The number of amides is 1. The molecule has 21 heavy (non-hydrogen) atoms. The van der Waals surface area contributed by atoms with E-state index < -0.39 is 5.97 Å². The number of carboxylic acids is 1. The van der Waals surface area contributed by atoms with Gasteiger partial charge in [0.15, 0.2) is 5.69 Å². The first-order chi connectivity index (χ1) is 10.1. The lowest BCUT2D eigenvalue weighted by atomic mass is 9.99. The highest BCUT2D eigenvalue weighted by molar-refractivity contribution is 6.05. The second kappa shape index (κ2) is 5.05. The van der Waals surface area contributed by atoms with Crippen LogP contribution in [0.3, 0.4) is 0 Å². The molecular weight excluding hydrogens is 272 g/mol. The van der Waals surface area contributed by atoms with Crippen LogP contribution in [-0.2, 0) is 6.42 Å². The van der Waals surface area contributed by atoms with Crippen LogP contribution >= 0.6 is 0 Å². The summed E-state index contributed by atoms with van der Waals surface area (Å²) in [6, 6.07) is 6.43. The Balaban J connectivity index is 1.97. The van der Waals surface area contributed by atoms with Crippen molar-refractivity contribution in [3.8, 4) is 0 Å². The van der Waals surface area contributed by atoms with E-state index in [-0.39, 0.29) is 17.2 Å².